The molecule has 6 heteroatoms. The lowest BCUT2D eigenvalue weighted by molar-refractivity contribution is 0.225. The molecule has 0 heterocycles. The molecule has 0 aliphatic carbocycles. The Bertz CT molecular complexity index is 72.1. The zero-order valence-electron chi connectivity index (χ0n) is 3.59. The lowest BCUT2D eigenvalue weighted by Gasteiger charge is -2.06. The van der Waals surface area contributed by atoms with Crippen LogP contribution in [-0.2, 0) is 0 Å². The number of rotatable bonds is 0. The molecule has 0 rings (SSSR count). The van der Waals surface area contributed by atoms with Gasteiger partial charge in [-0.15, -0.1) is 0 Å². The van der Waals surface area contributed by atoms with E-state index in [1.807, 2.05) is 0 Å². The predicted molar refractivity (Wildman–Crippen MR) is 24.5 cm³/mol. The van der Waals surface area contributed by atoms with Gasteiger partial charge >= 0.3 is 6.03 Å². The van der Waals surface area contributed by atoms with Gasteiger partial charge in [0.1, 0.15) is 0 Å². The Balaban J connectivity index is 3.35. The number of hydrogen-bond acceptors (Lipinski definition) is 3. The fraction of sp³-hybridized carbons (Fsp3) is 0. The van der Waals surface area contributed by atoms with Crippen LogP contribution in [0.4, 0.5) is 4.79 Å². The number of carbonyl (C=O) groups is 1. The van der Waals surface area contributed by atoms with Crippen LogP contribution in [0.5, 0.6) is 0 Å². The van der Waals surface area contributed by atoms with E-state index in [1.54, 1.807) is 5.43 Å². The van der Waals surface area contributed by atoms with E-state index in [0.717, 1.165) is 0 Å². The van der Waals surface area contributed by atoms with Crippen molar-refractivity contribution in [1.82, 2.24) is 10.3 Å². The molecule has 0 spiro atoms. The molecule has 0 saturated carbocycles. The van der Waals surface area contributed by atoms with Crippen LogP contribution < -0.4 is 17.1 Å². The summed E-state index contributed by atoms with van der Waals surface area (Å²) >= 11 is 0. The van der Waals surface area contributed by atoms with Crippen molar-refractivity contribution in [3.63, 3.8) is 0 Å². The molecular formula is CH5BN4O. The Morgan fingerprint density at radius 1 is 1.86 bits per heavy atom. The normalized spacial score (nSPS) is 7.71. The highest BCUT2D eigenvalue weighted by molar-refractivity contribution is 6.12. The fourth-order valence-corrected chi connectivity index (χ4v) is 0.0745. The zero-order valence-corrected chi connectivity index (χ0v) is 3.59. The number of urea groups is 1. The summed E-state index contributed by atoms with van der Waals surface area (Å²) in [6, 6.07) is -0.736. The molecule has 0 atom stereocenters. The Kier molecular flexibility index (Phi) is 2.17. The van der Waals surface area contributed by atoms with Gasteiger partial charge in [-0.2, -0.15) is 0 Å². The molecule has 5 nitrogen and oxygen atoms in total. The van der Waals surface area contributed by atoms with Gasteiger partial charge in [-0.3, -0.25) is 11.3 Å². The highest BCUT2D eigenvalue weighted by Gasteiger charge is 1.95. The van der Waals surface area contributed by atoms with Crippen molar-refractivity contribution in [1.29, 1.82) is 0 Å². The fourth-order valence-electron chi connectivity index (χ4n) is 0.0745. The van der Waals surface area contributed by atoms with E-state index in [-0.39, 0.29) is 0 Å². The molecule has 0 aromatic rings. The van der Waals surface area contributed by atoms with Crippen LogP contribution in [0, 0.1) is 0 Å². The first-order chi connectivity index (χ1) is 3.18. The molecule has 38 valence electrons. The molecule has 5 N–H and O–H groups in total. The third-order valence-corrected chi connectivity index (χ3v) is 0.358. The Morgan fingerprint density at radius 2 is 2.29 bits per heavy atom. The molecule has 0 aliphatic heterocycles. The lowest BCUT2D eigenvalue weighted by atomic mass is 10.4. The van der Waals surface area contributed by atoms with Crippen molar-refractivity contribution < 1.29 is 4.79 Å². The van der Waals surface area contributed by atoms with Crippen LogP contribution in [0.3, 0.4) is 0 Å². The van der Waals surface area contributed by atoms with Gasteiger partial charge in [0.25, 0.3) is 7.98 Å². The van der Waals surface area contributed by atoms with Crippen LogP contribution in [0.1, 0.15) is 0 Å². The second-order valence-electron chi connectivity index (χ2n) is 0.857. The van der Waals surface area contributed by atoms with Crippen LogP contribution >= 0.6 is 0 Å². The first-order valence-electron chi connectivity index (χ1n) is 1.48. The first-order valence-corrected chi connectivity index (χ1v) is 1.48. The summed E-state index contributed by atoms with van der Waals surface area (Å²) in [5.74, 6) is 9.24. The van der Waals surface area contributed by atoms with Gasteiger partial charge in [0.2, 0.25) is 0 Å². The molecule has 7 heavy (non-hydrogen) atoms. The Morgan fingerprint density at radius 3 is 2.29 bits per heavy atom. The largest absolute Gasteiger partial charge is 0.331 e. The van der Waals surface area contributed by atoms with Gasteiger partial charge in [-0.25, -0.2) is 10.6 Å². The maximum atomic E-state index is 9.95. The van der Waals surface area contributed by atoms with E-state index in [2.05, 4.69) is 19.7 Å². The van der Waals surface area contributed by atoms with E-state index in [1.165, 1.54) is 0 Å². The van der Waals surface area contributed by atoms with Gasteiger partial charge < -0.3 is 4.92 Å². The van der Waals surface area contributed by atoms with Gasteiger partial charge in [-0.05, 0) is 0 Å². The number of carbonyl (C=O) groups excluding carboxylic acids is 1. The summed E-state index contributed by atoms with van der Waals surface area (Å²) in [7, 11) is 4.67. The average molecular weight is 99.9 g/mol. The van der Waals surface area contributed by atoms with Gasteiger partial charge in [0, 0.05) is 0 Å². The molecule has 0 aromatic carbocycles. The zero-order chi connectivity index (χ0) is 5.86. The van der Waals surface area contributed by atoms with E-state index < -0.39 is 6.03 Å². The van der Waals surface area contributed by atoms with Crippen LogP contribution in [0.15, 0.2) is 0 Å². The monoisotopic (exact) mass is 100 g/mol. The maximum Gasteiger partial charge on any atom is 0.331 e. The van der Waals surface area contributed by atoms with E-state index >= 15 is 0 Å². The van der Waals surface area contributed by atoms with E-state index in [0.29, 0.717) is 4.92 Å². The summed E-state index contributed by atoms with van der Waals surface area (Å²) in [5.41, 5.74) is 1.70. The molecule has 0 unspecified atom stereocenters. The average Bonchev–Trinajstić information content (AvgIpc) is 1.65. The molecular weight excluding hydrogens is 94.9 g/mol. The lowest BCUT2D eigenvalue weighted by Crippen LogP contribution is -2.45. The topological polar surface area (TPSA) is 84.4 Å². The minimum absolute atomic E-state index is 0.347. The molecule has 0 bridgehead atoms. The highest BCUT2D eigenvalue weighted by Crippen LogP contribution is 1.62. The SMILES string of the molecule is [B]N(N)C(=O)NN. The van der Waals surface area contributed by atoms with Gasteiger partial charge in [0.05, 0.1) is 0 Å². The van der Waals surface area contributed by atoms with Crippen molar-refractivity contribution in [3.8, 4) is 0 Å². The van der Waals surface area contributed by atoms with E-state index in [4.69, 9.17) is 0 Å². The predicted octanol–water partition coefficient (Wildman–Crippen LogP) is -2.17. The smallest absolute Gasteiger partial charge is 0.321 e. The number of nitrogens with two attached hydrogens (primary N) is 2. The van der Waals surface area contributed by atoms with Gasteiger partial charge in [-0.1, -0.05) is 0 Å². The highest BCUT2D eigenvalue weighted by atomic mass is 16.2. The molecule has 2 radical (unpaired) electrons. The first kappa shape index (κ1) is 6.25. The quantitative estimate of drug-likeness (QED) is 0.140. The third kappa shape index (κ3) is 2.02. The van der Waals surface area contributed by atoms with Crippen molar-refractivity contribution in [2.45, 2.75) is 0 Å². The number of nitrogens with one attached hydrogen (secondary N) is 1. The standard InChI is InChI=1S/CH5BN4O/c2-6(4)1(7)5-3/h3-4H2,(H,5,7). The maximum absolute atomic E-state index is 9.95. The number of hydrogen-bond donors (Lipinski definition) is 3. The van der Waals surface area contributed by atoms with E-state index in [9.17, 15) is 4.79 Å². The molecule has 0 aliphatic rings. The minimum atomic E-state index is -0.736. The Hall–Kier alpha value is -0.745. The van der Waals surface area contributed by atoms with Crippen molar-refractivity contribution >= 4 is 14.0 Å². The second-order valence-corrected chi connectivity index (χ2v) is 0.857. The molecule has 0 aromatic heterocycles. The van der Waals surface area contributed by atoms with Gasteiger partial charge in [0.15, 0.2) is 0 Å². The molecule has 0 fully saturated rings. The van der Waals surface area contributed by atoms with Crippen LogP contribution in [0.25, 0.3) is 0 Å². The molecule has 0 saturated heterocycles. The second kappa shape index (κ2) is 2.43. The number of hydrazine groups is 2. The minimum Gasteiger partial charge on any atom is -0.321 e. The van der Waals surface area contributed by atoms with Crippen molar-refractivity contribution in [2.24, 2.45) is 11.7 Å². The summed E-state index contributed by atoms with van der Waals surface area (Å²) in [6.07, 6.45) is 0. The van der Waals surface area contributed by atoms with Crippen LogP contribution in [-0.4, -0.2) is 18.9 Å². The van der Waals surface area contributed by atoms with Crippen molar-refractivity contribution in [3.05, 3.63) is 0 Å². The van der Waals surface area contributed by atoms with Crippen molar-refractivity contribution in [2.75, 3.05) is 0 Å². The van der Waals surface area contributed by atoms with Crippen LogP contribution in [0.2, 0.25) is 0 Å². The third-order valence-electron chi connectivity index (χ3n) is 0.358. The summed E-state index contributed by atoms with van der Waals surface area (Å²) in [4.78, 5) is 10.3. The summed E-state index contributed by atoms with van der Waals surface area (Å²) in [5, 5.41) is 0. The Labute approximate surface area is 42.0 Å². The molecule has 2 amide bonds. The summed E-state index contributed by atoms with van der Waals surface area (Å²) < 4.78 is 0. The number of nitrogens with zero attached hydrogens (tertiary/aromatic N) is 1. The summed E-state index contributed by atoms with van der Waals surface area (Å²) in [6.45, 7) is 0. The number of amides is 2.